The highest BCUT2D eigenvalue weighted by Gasteiger charge is 2.43. The Balaban J connectivity index is 1.98. The Hall–Kier alpha value is -1.01. The summed E-state index contributed by atoms with van der Waals surface area (Å²) in [6.45, 7) is 6.88. The van der Waals surface area contributed by atoms with Gasteiger partial charge in [-0.25, -0.2) is 0 Å². The molecule has 0 radical (unpaired) electrons. The van der Waals surface area contributed by atoms with Crippen LogP contribution >= 0.6 is 11.3 Å². The van der Waals surface area contributed by atoms with E-state index in [0.717, 1.165) is 17.8 Å². The van der Waals surface area contributed by atoms with Crippen LogP contribution in [0.15, 0.2) is 6.33 Å². The molecule has 18 heavy (non-hydrogen) atoms. The average Bonchev–Trinajstić information content (AvgIpc) is 2.86. The molecule has 98 valence electrons. The van der Waals surface area contributed by atoms with Gasteiger partial charge in [-0.1, -0.05) is 32.1 Å². The van der Waals surface area contributed by atoms with Gasteiger partial charge in [-0.3, -0.25) is 0 Å². The molecule has 1 aliphatic rings. The first-order valence-electron chi connectivity index (χ1n) is 6.42. The van der Waals surface area contributed by atoms with Gasteiger partial charge in [-0.2, -0.15) is 9.61 Å². The Bertz CT molecular complexity index is 529. The minimum absolute atomic E-state index is 0.182. The predicted molar refractivity (Wildman–Crippen MR) is 71.6 cm³/mol. The van der Waals surface area contributed by atoms with E-state index in [9.17, 15) is 0 Å². The minimum atomic E-state index is 0.182. The van der Waals surface area contributed by atoms with Gasteiger partial charge >= 0.3 is 0 Å². The minimum Gasteiger partial charge on any atom is -0.327 e. The molecule has 5 nitrogen and oxygen atoms in total. The molecule has 0 saturated heterocycles. The van der Waals surface area contributed by atoms with Crippen molar-refractivity contribution in [1.82, 2.24) is 19.8 Å². The third-order valence-electron chi connectivity index (χ3n) is 4.70. The van der Waals surface area contributed by atoms with Crippen molar-refractivity contribution >= 4 is 16.3 Å². The average molecular weight is 265 g/mol. The fourth-order valence-corrected chi connectivity index (χ4v) is 4.16. The van der Waals surface area contributed by atoms with Gasteiger partial charge in [0.1, 0.15) is 11.3 Å². The molecule has 2 aromatic heterocycles. The molecule has 0 aliphatic heterocycles. The van der Waals surface area contributed by atoms with Gasteiger partial charge in [0, 0.05) is 12.0 Å². The summed E-state index contributed by atoms with van der Waals surface area (Å²) in [5, 5.41) is 13.7. The van der Waals surface area contributed by atoms with E-state index >= 15 is 0 Å². The van der Waals surface area contributed by atoms with E-state index in [4.69, 9.17) is 5.73 Å². The maximum absolute atomic E-state index is 6.20. The normalized spacial score (nSPS) is 31.9. The van der Waals surface area contributed by atoms with Crippen LogP contribution in [0.2, 0.25) is 0 Å². The van der Waals surface area contributed by atoms with Crippen LogP contribution in [-0.4, -0.2) is 25.9 Å². The van der Waals surface area contributed by atoms with Crippen LogP contribution < -0.4 is 5.73 Å². The summed E-state index contributed by atoms with van der Waals surface area (Å²) < 4.78 is 1.77. The van der Waals surface area contributed by atoms with Gasteiger partial charge in [-0.05, 0) is 24.2 Å². The fraction of sp³-hybridized carbons (Fsp3) is 0.750. The lowest BCUT2D eigenvalue weighted by atomic mass is 9.61. The van der Waals surface area contributed by atoms with Crippen LogP contribution in [0.5, 0.6) is 0 Å². The van der Waals surface area contributed by atoms with Crippen LogP contribution in [0, 0.1) is 11.3 Å². The second-order valence-electron chi connectivity index (χ2n) is 5.90. The Morgan fingerprint density at radius 3 is 2.94 bits per heavy atom. The Morgan fingerprint density at radius 2 is 2.22 bits per heavy atom. The molecule has 2 heterocycles. The number of rotatable bonds is 1. The van der Waals surface area contributed by atoms with Crippen molar-refractivity contribution in [3.05, 3.63) is 11.3 Å². The highest BCUT2D eigenvalue weighted by molar-refractivity contribution is 7.16. The second kappa shape index (κ2) is 3.99. The van der Waals surface area contributed by atoms with Crippen LogP contribution in [0.25, 0.3) is 4.96 Å². The number of hydrogen-bond acceptors (Lipinski definition) is 5. The Morgan fingerprint density at radius 1 is 1.44 bits per heavy atom. The van der Waals surface area contributed by atoms with E-state index < -0.39 is 0 Å². The highest BCUT2D eigenvalue weighted by atomic mass is 32.1. The number of nitrogens with zero attached hydrogens (tertiary/aromatic N) is 4. The van der Waals surface area contributed by atoms with Crippen molar-refractivity contribution in [3.63, 3.8) is 0 Å². The van der Waals surface area contributed by atoms with Crippen molar-refractivity contribution in [2.24, 2.45) is 17.1 Å². The van der Waals surface area contributed by atoms with Crippen molar-refractivity contribution in [1.29, 1.82) is 0 Å². The molecule has 6 heteroatoms. The van der Waals surface area contributed by atoms with E-state index in [0.29, 0.717) is 17.9 Å². The van der Waals surface area contributed by atoms with E-state index in [-0.39, 0.29) is 5.41 Å². The van der Waals surface area contributed by atoms with E-state index in [2.05, 4.69) is 36.1 Å². The topological polar surface area (TPSA) is 69.1 Å². The monoisotopic (exact) mass is 265 g/mol. The predicted octanol–water partition coefficient (Wildman–Crippen LogP) is 2.05. The van der Waals surface area contributed by atoms with Gasteiger partial charge in [0.05, 0.1) is 0 Å². The molecular formula is C12H19N5S. The molecule has 1 aliphatic carbocycles. The third kappa shape index (κ3) is 1.66. The second-order valence-corrected chi connectivity index (χ2v) is 6.89. The molecule has 0 spiro atoms. The molecule has 0 amide bonds. The summed E-state index contributed by atoms with van der Waals surface area (Å²) in [5.74, 6) is 0.976. The lowest BCUT2D eigenvalue weighted by Gasteiger charge is -2.45. The van der Waals surface area contributed by atoms with Crippen LogP contribution in [0.4, 0.5) is 0 Å². The van der Waals surface area contributed by atoms with Crippen molar-refractivity contribution in [2.45, 2.75) is 45.6 Å². The van der Waals surface area contributed by atoms with Crippen LogP contribution in [-0.2, 0) is 0 Å². The Kier molecular flexibility index (Phi) is 2.67. The first kappa shape index (κ1) is 12.0. The van der Waals surface area contributed by atoms with E-state index in [1.54, 1.807) is 22.2 Å². The van der Waals surface area contributed by atoms with E-state index in [1.807, 2.05) is 0 Å². The summed E-state index contributed by atoms with van der Waals surface area (Å²) in [6.07, 6.45) is 3.86. The molecule has 3 rings (SSSR count). The summed E-state index contributed by atoms with van der Waals surface area (Å²) in [6, 6.07) is 0.307. The summed E-state index contributed by atoms with van der Waals surface area (Å²) >= 11 is 1.65. The maximum atomic E-state index is 6.20. The van der Waals surface area contributed by atoms with Crippen molar-refractivity contribution in [3.8, 4) is 0 Å². The fourth-order valence-electron chi connectivity index (χ4n) is 3.01. The number of nitrogens with two attached hydrogens (primary N) is 1. The highest BCUT2D eigenvalue weighted by Crippen LogP contribution is 2.50. The van der Waals surface area contributed by atoms with E-state index in [1.165, 1.54) is 5.01 Å². The first-order chi connectivity index (χ1) is 8.50. The van der Waals surface area contributed by atoms with Gasteiger partial charge in [0.15, 0.2) is 0 Å². The summed E-state index contributed by atoms with van der Waals surface area (Å²) in [7, 11) is 0. The standard InChI is InChI=1S/C12H19N5S/c1-7-9(13)5-4-8(12(7,2)3)10-16-17-6-14-15-11(17)18-10/h6-9H,4-5,13H2,1-3H3. The summed E-state index contributed by atoms with van der Waals surface area (Å²) in [4.78, 5) is 0.878. The zero-order valence-corrected chi connectivity index (χ0v) is 11.8. The molecule has 0 bridgehead atoms. The maximum Gasteiger partial charge on any atom is 0.234 e. The zero-order valence-electron chi connectivity index (χ0n) is 11.0. The molecule has 1 fully saturated rings. The SMILES string of the molecule is CC1C(N)CCC(c2nn3cnnc3s2)C1(C)C. The molecule has 3 unspecified atom stereocenters. The van der Waals surface area contributed by atoms with Crippen molar-refractivity contribution < 1.29 is 0 Å². The zero-order chi connectivity index (χ0) is 12.9. The largest absolute Gasteiger partial charge is 0.327 e. The first-order valence-corrected chi connectivity index (χ1v) is 7.24. The molecule has 3 atom stereocenters. The summed E-state index contributed by atoms with van der Waals surface area (Å²) in [5.41, 5.74) is 6.39. The third-order valence-corrected chi connectivity index (χ3v) is 5.73. The van der Waals surface area contributed by atoms with Gasteiger partial charge in [0.25, 0.3) is 0 Å². The number of fused-ring (bicyclic) bond motifs is 1. The van der Waals surface area contributed by atoms with Crippen molar-refractivity contribution in [2.75, 3.05) is 0 Å². The molecule has 2 aromatic rings. The Labute approximate surface area is 110 Å². The number of aromatic nitrogens is 4. The molecule has 1 saturated carbocycles. The number of hydrogen-bond donors (Lipinski definition) is 1. The lowest BCUT2D eigenvalue weighted by Crippen LogP contribution is -2.45. The smallest absolute Gasteiger partial charge is 0.234 e. The molecule has 0 aromatic carbocycles. The van der Waals surface area contributed by atoms with Crippen LogP contribution in [0.1, 0.15) is 44.5 Å². The van der Waals surface area contributed by atoms with Gasteiger partial charge in [0.2, 0.25) is 4.96 Å². The molecule has 2 N–H and O–H groups in total. The molecular weight excluding hydrogens is 246 g/mol. The van der Waals surface area contributed by atoms with Crippen LogP contribution in [0.3, 0.4) is 0 Å². The van der Waals surface area contributed by atoms with Gasteiger partial charge in [-0.15, -0.1) is 10.2 Å². The lowest BCUT2D eigenvalue weighted by molar-refractivity contribution is 0.0987. The quantitative estimate of drug-likeness (QED) is 0.857. The van der Waals surface area contributed by atoms with Gasteiger partial charge < -0.3 is 5.73 Å².